The summed E-state index contributed by atoms with van der Waals surface area (Å²) < 4.78 is 10.7. The van der Waals surface area contributed by atoms with E-state index in [1.165, 1.54) is 16.7 Å². The van der Waals surface area contributed by atoms with Crippen molar-refractivity contribution >= 4 is 12.4 Å². The third kappa shape index (κ3) is 3.89. The zero-order valence-electron chi connectivity index (χ0n) is 11.8. The second-order valence-electron chi connectivity index (χ2n) is 4.34. The monoisotopic (exact) mass is 293 g/mol. The van der Waals surface area contributed by atoms with E-state index >= 15 is 0 Å². The van der Waals surface area contributed by atoms with E-state index in [9.17, 15) is 0 Å². The van der Waals surface area contributed by atoms with Gasteiger partial charge in [0.1, 0.15) is 18.1 Å². The molecule has 2 aromatic carbocycles. The van der Waals surface area contributed by atoms with E-state index in [1.54, 1.807) is 7.11 Å². The third-order valence-corrected chi connectivity index (χ3v) is 2.99. The number of aryl methyl sites for hydroxylation is 1. The van der Waals surface area contributed by atoms with Gasteiger partial charge in [-0.05, 0) is 47.9 Å². The Labute approximate surface area is 126 Å². The zero-order valence-corrected chi connectivity index (χ0v) is 12.6. The molecule has 0 aliphatic heterocycles. The Balaban J connectivity index is 0.00000200. The van der Waals surface area contributed by atoms with Crippen LogP contribution in [0.15, 0.2) is 42.5 Å². The van der Waals surface area contributed by atoms with Gasteiger partial charge >= 0.3 is 0 Å². The number of nitrogens with two attached hydrogens (primary N) is 1. The predicted molar refractivity (Wildman–Crippen MR) is 85.0 cm³/mol. The summed E-state index contributed by atoms with van der Waals surface area (Å²) in [5.74, 6) is 1.73. The van der Waals surface area contributed by atoms with Crippen LogP contribution >= 0.6 is 12.4 Å². The lowest BCUT2D eigenvalue weighted by atomic mass is 10.0. The van der Waals surface area contributed by atoms with Crippen molar-refractivity contribution in [1.82, 2.24) is 0 Å². The molecule has 0 fully saturated rings. The van der Waals surface area contributed by atoms with Crippen LogP contribution < -0.4 is 15.2 Å². The Morgan fingerprint density at radius 2 is 1.65 bits per heavy atom. The molecule has 2 aromatic rings. The number of hydrogen-bond donors (Lipinski definition) is 1. The highest BCUT2D eigenvalue weighted by atomic mass is 35.5. The SMILES string of the molecule is COc1ccc(-c2ccc(OCCN)cc2C)cc1.Cl. The van der Waals surface area contributed by atoms with Gasteiger partial charge in [0.05, 0.1) is 7.11 Å². The number of halogens is 1. The van der Waals surface area contributed by atoms with E-state index in [-0.39, 0.29) is 12.4 Å². The molecule has 0 saturated heterocycles. The zero-order chi connectivity index (χ0) is 13.7. The summed E-state index contributed by atoms with van der Waals surface area (Å²) >= 11 is 0. The van der Waals surface area contributed by atoms with Crippen molar-refractivity contribution in [3.8, 4) is 22.6 Å². The topological polar surface area (TPSA) is 44.5 Å². The van der Waals surface area contributed by atoms with Crippen LogP contribution in [0.3, 0.4) is 0 Å². The first-order valence-electron chi connectivity index (χ1n) is 6.32. The van der Waals surface area contributed by atoms with Gasteiger partial charge in [0.25, 0.3) is 0 Å². The fourth-order valence-corrected chi connectivity index (χ4v) is 2.00. The van der Waals surface area contributed by atoms with Crippen LogP contribution in [-0.2, 0) is 0 Å². The molecule has 108 valence electrons. The van der Waals surface area contributed by atoms with Crippen LogP contribution in [0.25, 0.3) is 11.1 Å². The van der Waals surface area contributed by atoms with E-state index in [4.69, 9.17) is 15.2 Å². The second-order valence-corrected chi connectivity index (χ2v) is 4.34. The first-order chi connectivity index (χ1) is 9.24. The van der Waals surface area contributed by atoms with E-state index in [0.717, 1.165) is 11.5 Å². The third-order valence-electron chi connectivity index (χ3n) is 2.99. The minimum atomic E-state index is 0. The average molecular weight is 294 g/mol. The van der Waals surface area contributed by atoms with Gasteiger partial charge in [-0.3, -0.25) is 0 Å². The van der Waals surface area contributed by atoms with Crippen molar-refractivity contribution in [2.45, 2.75) is 6.92 Å². The van der Waals surface area contributed by atoms with E-state index in [0.29, 0.717) is 13.2 Å². The molecule has 20 heavy (non-hydrogen) atoms. The molecular weight excluding hydrogens is 274 g/mol. The largest absolute Gasteiger partial charge is 0.497 e. The van der Waals surface area contributed by atoms with E-state index in [2.05, 4.69) is 25.1 Å². The van der Waals surface area contributed by atoms with Crippen molar-refractivity contribution in [2.24, 2.45) is 5.73 Å². The number of benzene rings is 2. The van der Waals surface area contributed by atoms with Crippen molar-refractivity contribution in [2.75, 3.05) is 20.3 Å². The quantitative estimate of drug-likeness (QED) is 0.918. The Hall–Kier alpha value is -1.71. The maximum atomic E-state index is 5.52. The van der Waals surface area contributed by atoms with Crippen LogP contribution in [-0.4, -0.2) is 20.3 Å². The van der Waals surface area contributed by atoms with Crippen molar-refractivity contribution in [3.05, 3.63) is 48.0 Å². The molecule has 0 unspecified atom stereocenters. The van der Waals surface area contributed by atoms with Crippen LogP contribution in [0.4, 0.5) is 0 Å². The molecule has 3 nitrogen and oxygen atoms in total. The molecule has 2 rings (SSSR count). The van der Waals surface area contributed by atoms with Gasteiger partial charge in [-0.25, -0.2) is 0 Å². The lowest BCUT2D eigenvalue weighted by Crippen LogP contribution is -2.10. The smallest absolute Gasteiger partial charge is 0.119 e. The molecule has 0 bridgehead atoms. The van der Waals surface area contributed by atoms with Gasteiger partial charge in [-0.15, -0.1) is 12.4 Å². The fraction of sp³-hybridized carbons (Fsp3) is 0.250. The first kappa shape index (κ1) is 16.3. The van der Waals surface area contributed by atoms with Gasteiger partial charge in [0.2, 0.25) is 0 Å². The molecule has 0 radical (unpaired) electrons. The second kappa shape index (κ2) is 7.78. The predicted octanol–water partition coefficient (Wildman–Crippen LogP) is 3.43. The molecule has 0 atom stereocenters. The molecule has 0 saturated carbocycles. The maximum absolute atomic E-state index is 5.52. The Morgan fingerprint density at radius 3 is 2.20 bits per heavy atom. The fourth-order valence-electron chi connectivity index (χ4n) is 2.00. The average Bonchev–Trinajstić information content (AvgIpc) is 2.45. The lowest BCUT2D eigenvalue weighted by Gasteiger charge is -2.10. The normalized spacial score (nSPS) is 9.75. The summed E-state index contributed by atoms with van der Waals surface area (Å²) in [6.45, 7) is 3.15. The highest BCUT2D eigenvalue weighted by molar-refractivity contribution is 5.85. The number of hydrogen-bond acceptors (Lipinski definition) is 3. The number of rotatable bonds is 5. The first-order valence-corrected chi connectivity index (χ1v) is 6.32. The van der Waals surface area contributed by atoms with Crippen molar-refractivity contribution < 1.29 is 9.47 Å². The minimum Gasteiger partial charge on any atom is -0.497 e. The van der Waals surface area contributed by atoms with Gasteiger partial charge in [0.15, 0.2) is 0 Å². The maximum Gasteiger partial charge on any atom is 0.119 e. The number of methoxy groups -OCH3 is 1. The Kier molecular flexibility index (Phi) is 6.36. The van der Waals surface area contributed by atoms with E-state index in [1.807, 2.05) is 24.3 Å². The van der Waals surface area contributed by atoms with Crippen molar-refractivity contribution in [1.29, 1.82) is 0 Å². The summed E-state index contributed by atoms with van der Waals surface area (Å²) in [6.07, 6.45) is 0. The summed E-state index contributed by atoms with van der Waals surface area (Å²) in [5.41, 5.74) is 8.97. The van der Waals surface area contributed by atoms with Gasteiger partial charge in [0, 0.05) is 6.54 Å². The Morgan fingerprint density at radius 1 is 1.00 bits per heavy atom. The molecule has 0 spiro atoms. The summed E-state index contributed by atoms with van der Waals surface area (Å²) in [4.78, 5) is 0. The summed E-state index contributed by atoms with van der Waals surface area (Å²) in [7, 11) is 1.67. The number of ether oxygens (including phenoxy) is 2. The molecule has 4 heteroatoms. The van der Waals surface area contributed by atoms with Gasteiger partial charge in [-0.1, -0.05) is 18.2 Å². The van der Waals surface area contributed by atoms with Crippen LogP contribution in [0.5, 0.6) is 11.5 Å². The van der Waals surface area contributed by atoms with Crippen LogP contribution in [0.2, 0.25) is 0 Å². The summed E-state index contributed by atoms with van der Waals surface area (Å²) in [6, 6.07) is 14.1. The molecule has 0 aromatic heterocycles. The molecule has 0 amide bonds. The molecule has 0 heterocycles. The molecule has 0 aliphatic rings. The van der Waals surface area contributed by atoms with Crippen LogP contribution in [0.1, 0.15) is 5.56 Å². The van der Waals surface area contributed by atoms with Gasteiger partial charge < -0.3 is 15.2 Å². The standard InChI is InChI=1S/C16H19NO2.ClH/c1-12-11-15(19-10-9-17)7-8-16(12)13-3-5-14(18-2)6-4-13;/h3-8,11H,9-10,17H2,1-2H3;1H. The molecule has 0 aliphatic carbocycles. The minimum absolute atomic E-state index is 0. The van der Waals surface area contributed by atoms with Crippen molar-refractivity contribution in [3.63, 3.8) is 0 Å². The highest BCUT2D eigenvalue weighted by Crippen LogP contribution is 2.28. The Bertz CT molecular complexity index is 541. The van der Waals surface area contributed by atoms with Crippen LogP contribution in [0, 0.1) is 6.92 Å². The molecule has 2 N–H and O–H groups in total. The lowest BCUT2D eigenvalue weighted by molar-refractivity contribution is 0.328. The van der Waals surface area contributed by atoms with E-state index < -0.39 is 0 Å². The van der Waals surface area contributed by atoms with Gasteiger partial charge in [-0.2, -0.15) is 0 Å². The summed E-state index contributed by atoms with van der Waals surface area (Å²) in [5, 5.41) is 0. The highest BCUT2D eigenvalue weighted by Gasteiger charge is 2.04. The molecular formula is C16H20ClNO2.